The molecule has 1 unspecified atom stereocenters. The number of rotatable bonds is 2. The van der Waals surface area contributed by atoms with E-state index in [2.05, 4.69) is 23.9 Å². The number of hydrogen-bond donors (Lipinski definition) is 1. The van der Waals surface area contributed by atoms with Crippen LogP contribution in [0.1, 0.15) is 11.3 Å². The Bertz CT molecular complexity index is 554. The summed E-state index contributed by atoms with van der Waals surface area (Å²) in [5.74, 6) is 2.29. The fourth-order valence-corrected chi connectivity index (χ4v) is 1.66. The van der Waals surface area contributed by atoms with Crippen molar-refractivity contribution in [2.45, 2.75) is 19.4 Å². The number of aryl methyl sites for hydroxylation is 1. The lowest BCUT2D eigenvalue weighted by Gasteiger charge is -2.05. The number of pyridine rings is 1. The van der Waals surface area contributed by atoms with E-state index in [1.165, 1.54) is 5.56 Å². The molecule has 2 heteroatoms. The third kappa shape index (κ3) is 2.21. The molecule has 0 radical (unpaired) electrons. The number of fused-ring (bicyclic) bond motifs is 1. The molecule has 1 aromatic carbocycles. The molecule has 1 aromatic heterocycles. The highest BCUT2D eigenvalue weighted by Crippen LogP contribution is 2.15. The Morgan fingerprint density at radius 1 is 1.38 bits per heavy atom. The number of benzene rings is 1. The molecule has 0 bridgehead atoms. The summed E-state index contributed by atoms with van der Waals surface area (Å²) in [6, 6.07) is 10.0. The van der Waals surface area contributed by atoms with E-state index in [-0.39, 0.29) is 0 Å². The molecule has 0 saturated carbocycles. The molecule has 0 amide bonds. The fourth-order valence-electron chi connectivity index (χ4n) is 1.66. The van der Waals surface area contributed by atoms with Crippen molar-refractivity contribution in [2.75, 3.05) is 0 Å². The first-order chi connectivity index (χ1) is 7.69. The van der Waals surface area contributed by atoms with Crippen LogP contribution in [0.2, 0.25) is 0 Å². The molecule has 1 heterocycles. The highest BCUT2D eigenvalue weighted by atomic mass is 16.3. The summed E-state index contributed by atoms with van der Waals surface area (Å²) in [6.07, 6.45) is 4.77. The van der Waals surface area contributed by atoms with Crippen LogP contribution in [0.4, 0.5) is 0 Å². The Kier molecular flexibility index (Phi) is 2.89. The van der Waals surface area contributed by atoms with Crippen LogP contribution in [0.15, 0.2) is 30.3 Å². The van der Waals surface area contributed by atoms with E-state index in [0.29, 0.717) is 6.42 Å². The lowest BCUT2D eigenvalue weighted by molar-refractivity contribution is 0.232. The SMILES string of the molecule is C#CC(O)Cc1ccc2cc(C)ccc2n1. The molecule has 80 valence electrons. The van der Waals surface area contributed by atoms with Crippen molar-refractivity contribution >= 4 is 10.9 Å². The molecule has 2 aromatic rings. The molecular formula is C14H13NO. The van der Waals surface area contributed by atoms with Crippen LogP contribution >= 0.6 is 0 Å². The van der Waals surface area contributed by atoms with Crippen molar-refractivity contribution in [3.8, 4) is 12.3 Å². The van der Waals surface area contributed by atoms with Gasteiger partial charge in [0.25, 0.3) is 0 Å². The number of terminal acetylenes is 1. The summed E-state index contributed by atoms with van der Waals surface area (Å²) in [4.78, 5) is 4.45. The van der Waals surface area contributed by atoms with E-state index in [9.17, 15) is 5.11 Å². The van der Waals surface area contributed by atoms with E-state index in [1.807, 2.05) is 24.3 Å². The second-order valence-corrected chi connectivity index (χ2v) is 3.89. The number of aliphatic hydroxyl groups is 1. The molecule has 0 saturated heterocycles. The van der Waals surface area contributed by atoms with Gasteiger partial charge in [0.15, 0.2) is 0 Å². The summed E-state index contributed by atoms with van der Waals surface area (Å²) in [7, 11) is 0. The van der Waals surface area contributed by atoms with Crippen molar-refractivity contribution in [1.29, 1.82) is 0 Å². The molecule has 2 rings (SSSR count). The molecular weight excluding hydrogens is 198 g/mol. The van der Waals surface area contributed by atoms with Crippen LogP contribution < -0.4 is 0 Å². The van der Waals surface area contributed by atoms with Crippen LogP contribution in [-0.4, -0.2) is 16.2 Å². The van der Waals surface area contributed by atoms with Gasteiger partial charge in [-0.1, -0.05) is 23.6 Å². The van der Waals surface area contributed by atoms with E-state index < -0.39 is 6.10 Å². The van der Waals surface area contributed by atoms with E-state index >= 15 is 0 Å². The maximum atomic E-state index is 9.35. The van der Waals surface area contributed by atoms with Crippen molar-refractivity contribution < 1.29 is 5.11 Å². The standard InChI is InChI=1S/C14H13NO/c1-3-13(16)9-12-6-5-11-8-10(2)4-7-14(11)15-12/h1,4-8,13,16H,9H2,2H3. The average molecular weight is 211 g/mol. The maximum Gasteiger partial charge on any atom is 0.120 e. The Morgan fingerprint density at radius 2 is 2.19 bits per heavy atom. The monoisotopic (exact) mass is 211 g/mol. The zero-order valence-corrected chi connectivity index (χ0v) is 9.14. The predicted molar refractivity (Wildman–Crippen MR) is 65.0 cm³/mol. The molecule has 1 N–H and O–H groups in total. The van der Waals surface area contributed by atoms with Gasteiger partial charge in [-0.25, -0.2) is 0 Å². The van der Waals surface area contributed by atoms with E-state index in [1.54, 1.807) is 0 Å². The molecule has 16 heavy (non-hydrogen) atoms. The minimum Gasteiger partial charge on any atom is -0.380 e. The first-order valence-electron chi connectivity index (χ1n) is 5.19. The molecule has 0 aliphatic rings. The van der Waals surface area contributed by atoms with Gasteiger partial charge in [0.1, 0.15) is 6.10 Å². The van der Waals surface area contributed by atoms with Gasteiger partial charge in [0.2, 0.25) is 0 Å². The van der Waals surface area contributed by atoms with Crippen LogP contribution in [0.25, 0.3) is 10.9 Å². The van der Waals surface area contributed by atoms with Crippen molar-refractivity contribution in [1.82, 2.24) is 4.98 Å². The van der Waals surface area contributed by atoms with Crippen LogP contribution in [-0.2, 0) is 6.42 Å². The zero-order chi connectivity index (χ0) is 11.5. The summed E-state index contributed by atoms with van der Waals surface area (Å²) in [5.41, 5.74) is 2.97. The lowest BCUT2D eigenvalue weighted by Crippen LogP contribution is -2.08. The largest absolute Gasteiger partial charge is 0.380 e. The van der Waals surface area contributed by atoms with Gasteiger partial charge in [-0.15, -0.1) is 6.42 Å². The highest BCUT2D eigenvalue weighted by Gasteiger charge is 2.03. The smallest absolute Gasteiger partial charge is 0.120 e. The number of aliphatic hydroxyl groups excluding tert-OH is 1. The number of nitrogens with zero attached hydrogens (tertiary/aromatic N) is 1. The Morgan fingerprint density at radius 3 is 2.94 bits per heavy atom. The summed E-state index contributed by atoms with van der Waals surface area (Å²) >= 11 is 0. The summed E-state index contributed by atoms with van der Waals surface area (Å²) in [6.45, 7) is 2.05. The van der Waals surface area contributed by atoms with E-state index in [4.69, 9.17) is 6.42 Å². The number of hydrogen-bond acceptors (Lipinski definition) is 2. The third-order valence-electron chi connectivity index (χ3n) is 2.50. The quantitative estimate of drug-likeness (QED) is 0.771. The molecule has 0 fully saturated rings. The molecule has 0 spiro atoms. The Hall–Kier alpha value is -1.85. The maximum absolute atomic E-state index is 9.35. The Balaban J connectivity index is 2.38. The second-order valence-electron chi connectivity index (χ2n) is 3.89. The van der Waals surface area contributed by atoms with Gasteiger partial charge in [0.05, 0.1) is 5.52 Å². The topological polar surface area (TPSA) is 33.1 Å². The van der Waals surface area contributed by atoms with E-state index in [0.717, 1.165) is 16.6 Å². The second kappa shape index (κ2) is 4.34. The van der Waals surface area contributed by atoms with Crippen LogP contribution in [0.5, 0.6) is 0 Å². The van der Waals surface area contributed by atoms with Crippen molar-refractivity contribution in [3.63, 3.8) is 0 Å². The van der Waals surface area contributed by atoms with Crippen LogP contribution in [0, 0.1) is 19.3 Å². The minimum absolute atomic E-state index is 0.403. The van der Waals surface area contributed by atoms with Gasteiger partial charge >= 0.3 is 0 Å². The fraction of sp³-hybridized carbons (Fsp3) is 0.214. The minimum atomic E-state index is -0.754. The van der Waals surface area contributed by atoms with Gasteiger partial charge in [-0.2, -0.15) is 0 Å². The number of aromatic nitrogens is 1. The van der Waals surface area contributed by atoms with Gasteiger partial charge in [0, 0.05) is 17.5 Å². The van der Waals surface area contributed by atoms with Gasteiger partial charge in [-0.05, 0) is 25.1 Å². The van der Waals surface area contributed by atoms with Gasteiger partial charge in [-0.3, -0.25) is 4.98 Å². The molecule has 2 nitrogen and oxygen atoms in total. The average Bonchev–Trinajstić information content (AvgIpc) is 2.29. The molecule has 1 atom stereocenters. The third-order valence-corrected chi connectivity index (χ3v) is 2.50. The van der Waals surface area contributed by atoms with Crippen molar-refractivity contribution in [3.05, 3.63) is 41.6 Å². The molecule has 0 aliphatic heterocycles. The normalized spacial score (nSPS) is 12.3. The Labute approximate surface area is 95.0 Å². The first kappa shape index (κ1) is 10.7. The summed E-state index contributed by atoms with van der Waals surface area (Å²) in [5, 5.41) is 10.5. The predicted octanol–water partition coefficient (Wildman–Crippen LogP) is 2.08. The van der Waals surface area contributed by atoms with Crippen molar-refractivity contribution in [2.24, 2.45) is 0 Å². The van der Waals surface area contributed by atoms with Crippen LogP contribution in [0.3, 0.4) is 0 Å². The lowest BCUT2D eigenvalue weighted by atomic mass is 10.1. The van der Waals surface area contributed by atoms with Gasteiger partial charge < -0.3 is 5.11 Å². The molecule has 0 aliphatic carbocycles. The first-order valence-corrected chi connectivity index (χ1v) is 5.19. The zero-order valence-electron chi connectivity index (χ0n) is 9.14. The summed E-state index contributed by atoms with van der Waals surface area (Å²) < 4.78 is 0. The highest BCUT2D eigenvalue weighted by molar-refractivity contribution is 5.79.